The number of nitrogens with zero attached hydrogens (tertiary/aromatic N) is 1. The van der Waals surface area contributed by atoms with Crippen LogP contribution >= 0.6 is 11.3 Å². The van der Waals surface area contributed by atoms with Crippen LogP contribution in [0.5, 0.6) is 0 Å². The van der Waals surface area contributed by atoms with Crippen molar-refractivity contribution in [3.8, 4) is 0 Å². The molecule has 0 aliphatic carbocycles. The second kappa shape index (κ2) is 8.11. The predicted molar refractivity (Wildman–Crippen MR) is 93.0 cm³/mol. The van der Waals surface area contributed by atoms with Gasteiger partial charge in [0.05, 0.1) is 6.54 Å². The quantitative estimate of drug-likeness (QED) is 0.843. The zero-order chi connectivity index (χ0) is 15.9. The van der Waals surface area contributed by atoms with Crippen molar-refractivity contribution in [1.82, 2.24) is 10.2 Å². The van der Waals surface area contributed by atoms with Crippen LogP contribution in [0.2, 0.25) is 0 Å². The van der Waals surface area contributed by atoms with Gasteiger partial charge in [-0.05, 0) is 42.6 Å². The van der Waals surface area contributed by atoms with E-state index in [1.54, 1.807) is 11.3 Å². The average Bonchev–Trinajstić information content (AvgIpc) is 2.96. The van der Waals surface area contributed by atoms with E-state index < -0.39 is 0 Å². The summed E-state index contributed by atoms with van der Waals surface area (Å²) < 4.78 is 0. The fraction of sp³-hybridized carbons (Fsp3) is 0.389. The lowest BCUT2D eigenvalue weighted by Gasteiger charge is -2.29. The largest absolute Gasteiger partial charge is 0.350 e. The molecular weight excluding hydrogens is 292 g/mol. The van der Waals surface area contributed by atoms with Gasteiger partial charge in [0.15, 0.2) is 0 Å². The van der Waals surface area contributed by atoms with Crippen molar-refractivity contribution >= 4 is 17.2 Å². The Bertz CT molecular complexity index is 590. The number of rotatable bonds is 7. The van der Waals surface area contributed by atoms with Gasteiger partial charge in [0.25, 0.3) is 0 Å². The molecule has 0 saturated heterocycles. The van der Waals surface area contributed by atoms with Crippen molar-refractivity contribution in [3.05, 3.63) is 57.8 Å². The molecule has 0 bridgehead atoms. The first-order valence-corrected chi connectivity index (χ1v) is 8.65. The first-order valence-electron chi connectivity index (χ1n) is 7.77. The number of carbonyl (C=O) groups excluding carboxylic acids is 1. The molecule has 0 aliphatic rings. The molecule has 0 aliphatic heterocycles. The smallest absolute Gasteiger partial charge is 0.242 e. The maximum Gasteiger partial charge on any atom is 0.242 e. The number of nitrogens with one attached hydrogen (secondary N) is 1. The molecule has 1 aromatic carbocycles. The zero-order valence-corrected chi connectivity index (χ0v) is 14.3. The minimum atomic E-state index is -0.225. The van der Waals surface area contributed by atoms with Crippen LogP contribution in [0.25, 0.3) is 0 Å². The van der Waals surface area contributed by atoms with E-state index in [1.807, 2.05) is 30.3 Å². The minimum Gasteiger partial charge on any atom is -0.350 e. The molecule has 1 atom stereocenters. The summed E-state index contributed by atoms with van der Waals surface area (Å²) >= 11 is 1.69. The number of hydrogen-bond donors (Lipinski definition) is 1. The van der Waals surface area contributed by atoms with Crippen molar-refractivity contribution < 1.29 is 4.79 Å². The van der Waals surface area contributed by atoms with E-state index in [2.05, 4.69) is 42.4 Å². The summed E-state index contributed by atoms with van der Waals surface area (Å²) in [7, 11) is 0. The number of aryl methyl sites for hydroxylation is 1. The first-order chi connectivity index (χ1) is 10.7. The molecule has 1 amide bonds. The second-order valence-corrected chi connectivity index (χ2v) is 6.28. The topological polar surface area (TPSA) is 32.3 Å². The summed E-state index contributed by atoms with van der Waals surface area (Å²) in [5, 5.41) is 5.17. The van der Waals surface area contributed by atoms with E-state index in [0.717, 1.165) is 18.7 Å². The lowest BCUT2D eigenvalue weighted by molar-refractivity contribution is -0.126. The van der Waals surface area contributed by atoms with Crippen molar-refractivity contribution in [2.24, 2.45) is 0 Å². The van der Waals surface area contributed by atoms with E-state index in [9.17, 15) is 4.79 Å². The van der Waals surface area contributed by atoms with Gasteiger partial charge in [-0.15, -0.1) is 11.3 Å². The first kappa shape index (κ1) is 16.7. The molecule has 0 saturated carbocycles. The van der Waals surface area contributed by atoms with Crippen LogP contribution in [0.1, 0.15) is 35.9 Å². The van der Waals surface area contributed by atoms with Gasteiger partial charge < -0.3 is 5.32 Å². The van der Waals surface area contributed by atoms with Crippen LogP contribution in [0.15, 0.2) is 41.8 Å². The maximum absolute atomic E-state index is 12.8. The molecule has 3 nitrogen and oxygen atoms in total. The molecule has 2 aromatic rings. The number of thiophene rings is 1. The van der Waals surface area contributed by atoms with E-state index in [1.165, 1.54) is 10.4 Å². The summed E-state index contributed by atoms with van der Waals surface area (Å²) in [5.74, 6) is 0.0719. The number of amides is 1. The Morgan fingerprint density at radius 3 is 2.41 bits per heavy atom. The van der Waals surface area contributed by atoms with Gasteiger partial charge in [0.1, 0.15) is 6.04 Å². The van der Waals surface area contributed by atoms with Crippen LogP contribution in [0, 0.1) is 6.92 Å². The Kier molecular flexibility index (Phi) is 6.16. The lowest BCUT2D eigenvalue weighted by Crippen LogP contribution is -2.40. The molecular formula is C18H24N2OS. The van der Waals surface area contributed by atoms with Crippen molar-refractivity contribution in [3.63, 3.8) is 0 Å². The minimum absolute atomic E-state index is 0.0719. The Labute approximate surface area is 137 Å². The molecule has 0 spiro atoms. The second-order valence-electron chi connectivity index (χ2n) is 5.28. The van der Waals surface area contributed by atoms with Gasteiger partial charge in [0, 0.05) is 4.88 Å². The van der Waals surface area contributed by atoms with Gasteiger partial charge in [0.2, 0.25) is 5.91 Å². The molecule has 1 aromatic heterocycles. The molecule has 118 valence electrons. The number of carbonyl (C=O) groups is 1. The van der Waals surface area contributed by atoms with Crippen LogP contribution in [0.4, 0.5) is 0 Å². The monoisotopic (exact) mass is 316 g/mol. The van der Waals surface area contributed by atoms with Crippen molar-refractivity contribution in [2.75, 3.05) is 13.1 Å². The van der Waals surface area contributed by atoms with Crippen LogP contribution in [-0.2, 0) is 11.3 Å². The number of likely N-dealkylation sites (N-methyl/N-ethyl adjacent to an activating group) is 1. The summed E-state index contributed by atoms with van der Waals surface area (Å²) in [6.07, 6.45) is 0. The van der Waals surface area contributed by atoms with Gasteiger partial charge in [-0.1, -0.05) is 44.2 Å². The zero-order valence-electron chi connectivity index (χ0n) is 13.5. The van der Waals surface area contributed by atoms with Gasteiger partial charge >= 0.3 is 0 Å². The molecule has 22 heavy (non-hydrogen) atoms. The highest BCUT2D eigenvalue weighted by atomic mass is 32.1. The number of hydrogen-bond acceptors (Lipinski definition) is 3. The van der Waals surface area contributed by atoms with Gasteiger partial charge in [-0.25, -0.2) is 0 Å². The standard InChI is InChI=1S/C18H24N2OS/c1-4-20(5-2)17(15-9-7-6-8-10-15)18(21)19-13-16-14(3)11-12-22-16/h6-12,17H,4-5,13H2,1-3H3,(H,19,21). The predicted octanol–water partition coefficient (Wildman–Crippen LogP) is 3.76. The average molecular weight is 316 g/mol. The third-order valence-electron chi connectivity index (χ3n) is 3.93. The Hall–Kier alpha value is -1.65. The van der Waals surface area contributed by atoms with Gasteiger partial charge in [-0.2, -0.15) is 0 Å². The summed E-state index contributed by atoms with van der Waals surface area (Å²) in [6, 6.07) is 11.9. The summed E-state index contributed by atoms with van der Waals surface area (Å²) in [4.78, 5) is 16.2. The Morgan fingerprint density at radius 1 is 1.18 bits per heavy atom. The normalized spacial score (nSPS) is 12.4. The molecule has 4 heteroatoms. The molecule has 1 unspecified atom stereocenters. The molecule has 0 radical (unpaired) electrons. The Morgan fingerprint density at radius 2 is 1.86 bits per heavy atom. The molecule has 0 fully saturated rings. The molecule has 1 N–H and O–H groups in total. The maximum atomic E-state index is 12.8. The number of benzene rings is 1. The highest BCUT2D eigenvalue weighted by molar-refractivity contribution is 7.10. The highest BCUT2D eigenvalue weighted by Gasteiger charge is 2.25. The van der Waals surface area contributed by atoms with E-state index in [4.69, 9.17) is 0 Å². The summed E-state index contributed by atoms with van der Waals surface area (Å²) in [6.45, 7) is 8.57. The third kappa shape index (κ3) is 3.96. The lowest BCUT2D eigenvalue weighted by atomic mass is 10.0. The SMILES string of the molecule is CCN(CC)C(C(=O)NCc1sccc1C)c1ccccc1. The van der Waals surface area contributed by atoms with Crippen molar-refractivity contribution in [2.45, 2.75) is 33.4 Å². The third-order valence-corrected chi connectivity index (χ3v) is 4.96. The van der Waals surface area contributed by atoms with Crippen LogP contribution in [-0.4, -0.2) is 23.9 Å². The fourth-order valence-electron chi connectivity index (χ4n) is 2.60. The van der Waals surface area contributed by atoms with Crippen LogP contribution in [0.3, 0.4) is 0 Å². The van der Waals surface area contributed by atoms with Crippen molar-refractivity contribution in [1.29, 1.82) is 0 Å². The van der Waals surface area contributed by atoms with E-state index in [0.29, 0.717) is 6.54 Å². The molecule has 1 heterocycles. The van der Waals surface area contributed by atoms with E-state index >= 15 is 0 Å². The summed E-state index contributed by atoms with van der Waals surface area (Å²) in [5.41, 5.74) is 2.29. The fourth-order valence-corrected chi connectivity index (χ4v) is 3.45. The Balaban J connectivity index is 2.14. The highest BCUT2D eigenvalue weighted by Crippen LogP contribution is 2.21. The molecule has 2 rings (SSSR count). The van der Waals surface area contributed by atoms with Gasteiger partial charge in [-0.3, -0.25) is 9.69 Å². The van der Waals surface area contributed by atoms with E-state index in [-0.39, 0.29) is 11.9 Å². The van der Waals surface area contributed by atoms with Crippen LogP contribution < -0.4 is 5.32 Å².